The lowest BCUT2D eigenvalue weighted by atomic mass is 10.1. The van der Waals surface area contributed by atoms with Gasteiger partial charge in [0.2, 0.25) is 0 Å². The van der Waals surface area contributed by atoms with E-state index in [2.05, 4.69) is 5.32 Å². The van der Waals surface area contributed by atoms with Gasteiger partial charge < -0.3 is 14.8 Å². The number of carbonyl (C=O) groups excluding carboxylic acids is 1. The summed E-state index contributed by atoms with van der Waals surface area (Å²) < 4.78 is 4.93. The molecule has 4 heteroatoms. The molecule has 1 unspecified atom stereocenters. The number of hydrogen-bond acceptors (Lipinski definition) is 3. The predicted molar refractivity (Wildman–Crippen MR) is 36.0 cm³/mol. The molecule has 0 fully saturated rings. The van der Waals surface area contributed by atoms with Crippen LogP contribution in [0.3, 0.4) is 0 Å². The largest absolute Gasteiger partial charge is 0.466 e. The van der Waals surface area contributed by atoms with Crippen molar-refractivity contribution in [2.45, 2.75) is 6.10 Å². The Labute approximate surface area is 62.8 Å². The fourth-order valence-electron chi connectivity index (χ4n) is 1.14. The summed E-state index contributed by atoms with van der Waals surface area (Å²) in [6.45, 7) is 0.235. The normalized spacial score (nSPS) is 22.6. The van der Waals surface area contributed by atoms with Crippen molar-refractivity contribution in [3.05, 3.63) is 23.7 Å². The lowest BCUT2D eigenvalue weighted by Crippen LogP contribution is -2.33. The number of hydrogen-bond donors (Lipinski definition) is 2. The monoisotopic (exact) mass is 153 g/mol. The van der Waals surface area contributed by atoms with Gasteiger partial charge in [0.05, 0.1) is 18.4 Å². The zero-order chi connectivity index (χ0) is 7.84. The van der Waals surface area contributed by atoms with E-state index >= 15 is 0 Å². The molecule has 0 saturated heterocycles. The van der Waals surface area contributed by atoms with E-state index in [0.717, 1.165) is 0 Å². The second kappa shape index (κ2) is 2.10. The minimum absolute atomic E-state index is 0.181. The summed E-state index contributed by atoms with van der Waals surface area (Å²) >= 11 is 0. The third kappa shape index (κ3) is 0.832. The fourth-order valence-corrected chi connectivity index (χ4v) is 1.14. The van der Waals surface area contributed by atoms with Gasteiger partial charge in [-0.1, -0.05) is 0 Å². The molecule has 0 aliphatic carbocycles. The van der Waals surface area contributed by atoms with Crippen molar-refractivity contribution in [1.29, 1.82) is 0 Å². The van der Waals surface area contributed by atoms with Gasteiger partial charge in [0.25, 0.3) is 5.91 Å². The first kappa shape index (κ1) is 6.42. The van der Waals surface area contributed by atoms with Crippen LogP contribution in [-0.4, -0.2) is 17.6 Å². The van der Waals surface area contributed by atoms with Gasteiger partial charge in [0.15, 0.2) is 0 Å². The molecule has 58 valence electrons. The quantitative estimate of drug-likeness (QED) is 0.553. The molecule has 1 aromatic rings. The van der Waals surface area contributed by atoms with E-state index in [-0.39, 0.29) is 12.5 Å². The van der Waals surface area contributed by atoms with Crippen molar-refractivity contribution in [3.63, 3.8) is 0 Å². The summed E-state index contributed by atoms with van der Waals surface area (Å²) in [7, 11) is 0. The van der Waals surface area contributed by atoms with Gasteiger partial charge in [-0.3, -0.25) is 4.79 Å². The molecule has 0 saturated carbocycles. The number of furan rings is 1. The zero-order valence-corrected chi connectivity index (χ0v) is 5.70. The number of carbonyl (C=O) groups is 1. The van der Waals surface area contributed by atoms with Crippen LogP contribution in [0.2, 0.25) is 0 Å². The number of amides is 1. The Morgan fingerprint density at radius 2 is 2.55 bits per heavy atom. The Hall–Kier alpha value is -1.29. The topological polar surface area (TPSA) is 62.5 Å². The van der Waals surface area contributed by atoms with Crippen LogP contribution in [0.5, 0.6) is 0 Å². The van der Waals surface area contributed by atoms with Crippen LogP contribution in [-0.2, 0) is 0 Å². The van der Waals surface area contributed by atoms with E-state index in [1.165, 1.54) is 6.26 Å². The van der Waals surface area contributed by atoms with Gasteiger partial charge in [-0.15, -0.1) is 0 Å². The van der Waals surface area contributed by atoms with Gasteiger partial charge in [-0.05, 0) is 6.07 Å². The lowest BCUT2D eigenvalue weighted by Gasteiger charge is -2.16. The molecule has 1 aliphatic heterocycles. The minimum Gasteiger partial charge on any atom is -0.466 e. The zero-order valence-electron chi connectivity index (χ0n) is 5.70. The first-order valence-electron chi connectivity index (χ1n) is 3.32. The van der Waals surface area contributed by atoms with Crippen molar-refractivity contribution >= 4 is 5.91 Å². The van der Waals surface area contributed by atoms with E-state index < -0.39 is 6.10 Å². The molecule has 2 heterocycles. The third-order valence-electron chi connectivity index (χ3n) is 1.70. The molecule has 11 heavy (non-hydrogen) atoms. The first-order valence-corrected chi connectivity index (χ1v) is 3.32. The van der Waals surface area contributed by atoms with E-state index in [0.29, 0.717) is 11.3 Å². The van der Waals surface area contributed by atoms with Crippen molar-refractivity contribution in [2.75, 3.05) is 6.54 Å². The molecule has 0 radical (unpaired) electrons. The Morgan fingerprint density at radius 3 is 3.27 bits per heavy atom. The molecule has 2 N–H and O–H groups in total. The molecular formula is C7H7NO3. The van der Waals surface area contributed by atoms with Crippen LogP contribution < -0.4 is 5.32 Å². The number of nitrogens with one attached hydrogen (secondary N) is 1. The van der Waals surface area contributed by atoms with Crippen LogP contribution >= 0.6 is 0 Å². The van der Waals surface area contributed by atoms with Crippen LogP contribution in [0.15, 0.2) is 16.7 Å². The highest BCUT2D eigenvalue weighted by molar-refractivity contribution is 5.96. The van der Waals surface area contributed by atoms with Crippen LogP contribution in [0.25, 0.3) is 0 Å². The number of aliphatic hydroxyl groups is 1. The highest BCUT2D eigenvalue weighted by Crippen LogP contribution is 2.21. The van der Waals surface area contributed by atoms with E-state index in [1.54, 1.807) is 6.07 Å². The lowest BCUT2D eigenvalue weighted by molar-refractivity contribution is 0.0840. The molecule has 0 aromatic carbocycles. The molecule has 4 nitrogen and oxygen atoms in total. The second-order valence-corrected chi connectivity index (χ2v) is 2.42. The van der Waals surface area contributed by atoms with Crippen LogP contribution in [0, 0.1) is 0 Å². The van der Waals surface area contributed by atoms with Gasteiger partial charge in [-0.2, -0.15) is 0 Å². The van der Waals surface area contributed by atoms with Crippen molar-refractivity contribution in [2.24, 2.45) is 0 Å². The minimum atomic E-state index is -0.697. The maximum Gasteiger partial charge on any atom is 0.255 e. The average Bonchev–Trinajstić information content (AvgIpc) is 2.45. The Morgan fingerprint density at radius 1 is 1.73 bits per heavy atom. The Balaban J connectivity index is 2.51. The van der Waals surface area contributed by atoms with Gasteiger partial charge >= 0.3 is 0 Å². The summed E-state index contributed by atoms with van der Waals surface area (Å²) in [5.74, 6) is 0.188. The number of fused-ring (bicyclic) bond motifs is 1. The smallest absolute Gasteiger partial charge is 0.255 e. The molecular weight excluding hydrogens is 146 g/mol. The maximum absolute atomic E-state index is 11.0. The number of rotatable bonds is 0. The van der Waals surface area contributed by atoms with Crippen molar-refractivity contribution < 1.29 is 14.3 Å². The van der Waals surface area contributed by atoms with Gasteiger partial charge in [-0.25, -0.2) is 0 Å². The molecule has 0 spiro atoms. The maximum atomic E-state index is 11.0. The van der Waals surface area contributed by atoms with E-state index in [9.17, 15) is 9.90 Å². The Kier molecular flexibility index (Phi) is 1.22. The predicted octanol–water partition coefficient (Wildman–Crippen LogP) is 0.0564. The average molecular weight is 153 g/mol. The molecule has 1 aromatic heterocycles. The van der Waals surface area contributed by atoms with E-state index in [1.807, 2.05) is 0 Å². The van der Waals surface area contributed by atoms with Crippen LogP contribution in [0.4, 0.5) is 0 Å². The second-order valence-electron chi connectivity index (χ2n) is 2.42. The highest BCUT2D eigenvalue weighted by Gasteiger charge is 2.26. The molecule has 0 bridgehead atoms. The van der Waals surface area contributed by atoms with Gasteiger partial charge in [0.1, 0.15) is 11.9 Å². The Bertz CT molecular complexity index is 292. The van der Waals surface area contributed by atoms with Gasteiger partial charge in [0, 0.05) is 0 Å². The molecule has 1 amide bonds. The standard InChI is InChI=1S/C7H7NO3/c9-5-3-8-7(10)4-1-2-11-6(4)5/h1-2,5,9H,3H2,(H,8,10). The first-order chi connectivity index (χ1) is 5.29. The third-order valence-corrected chi connectivity index (χ3v) is 1.70. The number of aliphatic hydroxyl groups excluding tert-OH is 1. The summed E-state index contributed by atoms with van der Waals surface area (Å²) in [5, 5.41) is 11.8. The fraction of sp³-hybridized carbons (Fsp3) is 0.286. The van der Waals surface area contributed by atoms with Crippen LogP contribution in [0.1, 0.15) is 22.2 Å². The summed E-state index contributed by atoms with van der Waals surface area (Å²) in [5.41, 5.74) is 0.434. The summed E-state index contributed by atoms with van der Waals surface area (Å²) in [6.07, 6.45) is 0.705. The highest BCUT2D eigenvalue weighted by atomic mass is 16.4. The van der Waals surface area contributed by atoms with Crippen molar-refractivity contribution in [3.8, 4) is 0 Å². The molecule has 1 aliphatic rings. The summed E-state index contributed by atoms with van der Waals surface area (Å²) in [6, 6.07) is 1.55. The van der Waals surface area contributed by atoms with Crippen molar-refractivity contribution in [1.82, 2.24) is 5.32 Å². The number of β-amino-alcohol motifs (C(OH)–C–C–N with tert-alkyl or cyclic N) is 1. The molecule has 2 rings (SSSR count). The van der Waals surface area contributed by atoms with E-state index in [4.69, 9.17) is 4.42 Å². The molecule has 1 atom stereocenters. The summed E-state index contributed by atoms with van der Waals surface area (Å²) in [4.78, 5) is 11.0. The SMILES string of the molecule is O=C1NCC(O)c2occc21.